The lowest BCUT2D eigenvalue weighted by Gasteiger charge is -2.31. The van der Waals surface area contributed by atoms with Crippen molar-refractivity contribution in [2.45, 2.75) is 45.9 Å². The average Bonchev–Trinajstić information content (AvgIpc) is 2.50. The zero-order valence-corrected chi connectivity index (χ0v) is 15.1. The molecule has 0 heterocycles. The predicted molar refractivity (Wildman–Crippen MR) is 87.6 cm³/mol. The van der Waals surface area contributed by atoms with Crippen LogP contribution in [0.5, 0.6) is 0 Å². The number of hydrogen-bond donors (Lipinski definition) is 1. The summed E-state index contributed by atoms with van der Waals surface area (Å²) in [7, 11) is 0. The molecule has 0 aromatic heterocycles. The topological polar surface area (TPSA) is 72.8 Å². The molecule has 1 aromatic rings. The lowest BCUT2D eigenvalue weighted by atomic mass is 9.91. The third-order valence-electron chi connectivity index (χ3n) is 3.41. The summed E-state index contributed by atoms with van der Waals surface area (Å²) >= 11 is 0. The average molecular weight is 376 g/mol. The molecule has 8 heteroatoms. The van der Waals surface area contributed by atoms with Crippen molar-refractivity contribution >= 4 is 11.9 Å². The van der Waals surface area contributed by atoms with Crippen LogP contribution >= 0.6 is 0 Å². The van der Waals surface area contributed by atoms with Crippen LogP contribution < -0.4 is 0 Å². The van der Waals surface area contributed by atoms with Gasteiger partial charge in [-0.15, -0.1) is 0 Å². The number of esters is 1. The minimum absolute atomic E-state index is 0.00388. The number of aliphatic carboxylic acids is 1. The molecule has 0 saturated carbocycles. The predicted octanol–water partition coefficient (Wildman–Crippen LogP) is 3.70. The molecule has 26 heavy (non-hydrogen) atoms. The maximum Gasteiger partial charge on any atom is 0.416 e. The number of carbonyl (C=O) groups excluding carboxylic acids is 1. The van der Waals surface area contributed by atoms with Gasteiger partial charge in [0.05, 0.1) is 18.8 Å². The summed E-state index contributed by atoms with van der Waals surface area (Å²) in [4.78, 5) is 24.3. The minimum atomic E-state index is -4.59. The maximum absolute atomic E-state index is 12.9. The standard InChI is InChI=1S/C18H23F3O5/c1-5-25-15(24)17(14(22)23,26-11-16(2,3)4)10-12-7-6-8-13(9-12)18(19,20)21/h6-9H,5,10-11H2,1-4H3,(H,22,23). The molecule has 5 nitrogen and oxygen atoms in total. The van der Waals surface area contributed by atoms with Crippen molar-refractivity contribution in [2.75, 3.05) is 13.2 Å². The lowest BCUT2D eigenvalue weighted by molar-refractivity contribution is -0.190. The quantitative estimate of drug-likeness (QED) is 0.580. The first kappa shape index (κ1) is 22.0. The van der Waals surface area contributed by atoms with Crippen LogP contribution in [-0.2, 0) is 31.7 Å². The fourth-order valence-corrected chi connectivity index (χ4v) is 2.14. The van der Waals surface area contributed by atoms with Gasteiger partial charge in [-0.2, -0.15) is 13.2 Å². The van der Waals surface area contributed by atoms with Crippen LogP contribution in [0.4, 0.5) is 13.2 Å². The first-order valence-electron chi connectivity index (χ1n) is 8.02. The van der Waals surface area contributed by atoms with Gasteiger partial charge in [0.2, 0.25) is 0 Å². The van der Waals surface area contributed by atoms with Gasteiger partial charge in [-0.05, 0) is 24.0 Å². The Labute approximate surface area is 150 Å². The van der Waals surface area contributed by atoms with Gasteiger partial charge in [0.15, 0.2) is 0 Å². The molecule has 1 atom stereocenters. The highest BCUT2D eigenvalue weighted by atomic mass is 19.4. The molecule has 0 aliphatic carbocycles. The van der Waals surface area contributed by atoms with Crippen LogP contribution in [-0.4, -0.2) is 35.9 Å². The number of alkyl halides is 3. The largest absolute Gasteiger partial charge is 0.479 e. The number of carboxylic acids is 1. The zero-order chi connectivity index (χ0) is 20.2. The molecule has 0 bridgehead atoms. The highest BCUT2D eigenvalue weighted by molar-refractivity contribution is 6.03. The van der Waals surface area contributed by atoms with E-state index in [2.05, 4.69) is 0 Å². The Bertz CT molecular complexity index is 649. The summed E-state index contributed by atoms with van der Waals surface area (Å²) in [6.07, 6.45) is -5.17. The monoisotopic (exact) mass is 376 g/mol. The molecule has 1 N–H and O–H groups in total. The van der Waals surface area contributed by atoms with E-state index in [1.165, 1.54) is 13.0 Å². The Hall–Kier alpha value is -2.09. The van der Waals surface area contributed by atoms with E-state index in [1.807, 2.05) is 0 Å². The number of ether oxygens (including phenoxy) is 2. The summed E-state index contributed by atoms with van der Waals surface area (Å²) in [5, 5.41) is 9.66. The van der Waals surface area contributed by atoms with Crippen LogP contribution in [0.3, 0.4) is 0 Å². The van der Waals surface area contributed by atoms with Crippen molar-refractivity contribution in [3.63, 3.8) is 0 Å². The Morgan fingerprint density at radius 3 is 2.23 bits per heavy atom. The van der Waals surface area contributed by atoms with Crippen molar-refractivity contribution in [1.82, 2.24) is 0 Å². The van der Waals surface area contributed by atoms with Gasteiger partial charge in [0.1, 0.15) is 0 Å². The van der Waals surface area contributed by atoms with E-state index in [4.69, 9.17) is 9.47 Å². The van der Waals surface area contributed by atoms with E-state index in [1.54, 1.807) is 20.8 Å². The number of halogens is 3. The molecule has 146 valence electrons. The Morgan fingerprint density at radius 1 is 1.15 bits per heavy atom. The third kappa shape index (κ3) is 5.72. The van der Waals surface area contributed by atoms with E-state index in [0.29, 0.717) is 0 Å². The fourth-order valence-electron chi connectivity index (χ4n) is 2.14. The van der Waals surface area contributed by atoms with Crippen molar-refractivity contribution in [1.29, 1.82) is 0 Å². The maximum atomic E-state index is 12.9. The number of benzene rings is 1. The van der Waals surface area contributed by atoms with Gasteiger partial charge in [0.25, 0.3) is 5.60 Å². The van der Waals surface area contributed by atoms with Crippen LogP contribution in [0.2, 0.25) is 0 Å². The first-order valence-corrected chi connectivity index (χ1v) is 8.02. The number of hydrogen-bond acceptors (Lipinski definition) is 4. The van der Waals surface area contributed by atoms with Crippen LogP contribution in [0.1, 0.15) is 38.8 Å². The van der Waals surface area contributed by atoms with Gasteiger partial charge >= 0.3 is 18.1 Å². The Kier molecular flexibility index (Phi) is 6.82. The van der Waals surface area contributed by atoms with Gasteiger partial charge in [-0.3, -0.25) is 0 Å². The van der Waals surface area contributed by atoms with Gasteiger partial charge in [0, 0.05) is 6.42 Å². The summed E-state index contributed by atoms with van der Waals surface area (Å²) < 4.78 is 49.0. The molecule has 0 aliphatic rings. The molecule has 1 aromatic carbocycles. The van der Waals surface area contributed by atoms with Crippen molar-refractivity contribution < 1.29 is 37.3 Å². The molecular weight excluding hydrogens is 353 g/mol. The molecule has 1 unspecified atom stereocenters. The highest BCUT2D eigenvalue weighted by Crippen LogP contribution is 2.31. The van der Waals surface area contributed by atoms with E-state index in [0.717, 1.165) is 18.2 Å². The highest BCUT2D eigenvalue weighted by Gasteiger charge is 2.50. The second-order valence-corrected chi connectivity index (χ2v) is 7.08. The number of carboxylic acid groups (broad SMARTS) is 1. The van der Waals surface area contributed by atoms with Crippen LogP contribution in [0, 0.1) is 5.41 Å². The minimum Gasteiger partial charge on any atom is -0.479 e. The summed E-state index contributed by atoms with van der Waals surface area (Å²) in [5.41, 5.74) is -3.83. The van der Waals surface area contributed by atoms with Crippen molar-refractivity contribution in [3.8, 4) is 0 Å². The molecule has 1 rings (SSSR count). The van der Waals surface area contributed by atoms with Gasteiger partial charge < -0.3 is 14.6 Å². The smallest absolute Gasteiger partial charge is 0.416 e. The van der Waals surface area contributed by atoms with Crippen molar-refractivity contribution in [3.05, 3.63) is 35.4 Å². The molecular formula is C18H23F3O5. The number of rotatable bonds is 7. The first-order chi connectivity index (χ1) is 11.8. The van der Waals surface area contributed by atoms with Crippen LogP contribution in [0.25, 0.3) is 0 Å². The molecule has 0 fully saturated rings. The summed E-state index contributed by atoms with van der Waals surface area (Å²) in [5.74, 6) is -2.76. The molecule has 0 aliphatic heterocycles. The normalized spacial score (nSPS) is 14.6. The molecule has 0 spiro atoms. The Balaban J connectivity index is 3.31. The van der Waals surface area contributed by atoms with E-state index in [9.17, 15) is 27.9 Å². The number of carbonyl (C=O) groups is 2. The van der Waals surface area contributed by atoms with E-state index < -0.39 is 41.1 Å². The third-order valence-corrected chi connectivity index (χ3v) is 3.41. The summed E-state index contributed by atoms with van der Waals surface area (Å²) in [6.45, 7) is 6.63. The zero-order valence-electron chi connectivity index (χ0n) is 15.1. The molecule has 0 radical (unpaired) electrons. The van der Waals surface area contributed by atoms with Gasteiger partial charge in [-0.25, -0.2) is 9.59 Å². The molecule has 0 amide bonds. The second kappa shape index (κ2) is 8.07. The van der Waals surface area contributed by atoms with E-state index in [-0.39, 0.29) is 18.8 Å². The van der Waals surface area contributed by atoms with Crippen LogP contribution in [0.15, 0.2) is 24.3 Å². The SMILES string of the molecule is CCOC(=O)C(Cc1cccc(C(F)(F)F)c1)(OCC(C)(C)C)C(=O)O. The lowest BCUT2D eigenvalue weighted by Crippen LogP contribution is -2.53. The van der Waals surface area contributed by atoms with Crippen molar-refractivity contribution in [2.24, 2.45) is 5.41 Å². The van der Waals surface area contributed by atoms with Gasteiger partial charge in [-0.1, -0.05) is 39.0 Å². The van der Waals surface area contributed by atoms with E-state index >= 15 is 0 Å². The second-order valence-electron chi connectivity index (χ2n) is 7.08. The summed E-state index contributed by atoms with van der Waals surface area (Å²) in [6, 6.07) is 4.13. The Morgan fingerprint density at radius 2 is 1.77 bits per heavy atom. The fraction of sp³-hybridized carbons (Fsp3) is 0.556. The molecule has 0 saturated heterocycles.